The van der Waals surface area contributed by atoms with Crippen LogP contribution in [0.25, 0.3) is 10.9 Å². The first kappa shape index (κ1) is 20.7. The topological polar surface area (TPSA) is 112 Å². The quantitative estimate of drug-likeness (QED) is 0.474. The lowest BCUT2D eigenvalue weighted by Crippen LogP contribution is -2.37. The molecule has 1 fully saturated rings. The van der Waals surface area contributed by atoms with Gasteiger partial charge < -0.3 is 24.7 Å². The van der Waals surface area contributed by atoms with Crippen molar-refractivity contribution in [2.75, 3.05) is 36.5 Å². The number of nitrogens with zero attached hydrogens (tertiary/aromatic N) is 5. The van der Waals surface area contributed by atoms with Crippen LogP contribution in [0, 0.1) is 25.2 Å². The number of hydrogen-bond donors (Lipinski definition) is 2. The zero-order valence-electron chi connectivity index (χ0n) is 18.4. The fourth-order valence-corrected chi connectivity index (χ4v) is 3.72. The van der Waals surface area contributed by atoms with Crippen molar-refractivity contribution in [1.82, 2.24) is 19.9 Å². The molecule has 0 atom stereocenters. The Balaban J connectivity index is 1.47. The minimum absolute atomic E-state index is 0.174. The number of ether oxygens (including phenoxy) is 2. The summed E-state index contributed by atoms with van der Waals surface area (Å²) in [6, 6.07) is 15.2. The van der Waals surface area contributed by atoms with Crippen molar-refractivity contribution in [2.24, 2.45) is 0 Å². The van der Waals surface area contributed by atoms with Crippen molar-refractivity contribution in [1.29, 1.82) is 5.26 Å². The first-order chi connectivity index (χ1) is 16.1. The van der Waals surface area contributed by atoms with Gasteiger partial charge in [0.25, 0.3) is 0 Å². The van der Waals surface area contributed by atoms with E-state index in [0.29, 0.717) is 49.5 Å². The van der Waals surface area contributed by atoms with E-state index >= 15 is 0 Å². The third kappa shape index (κ3) is 4.42. The Bertz CT molecular complexity index is 1340. The molecule has 1 saturated heterocycles. The SMILES string of the molecule is Cc1[nH]c2ccc(Nc3nc(Oc4ccc(C#N)cc4)nc(N4CCOCC4)n3)cc2c1C. The first-order valence-corrected chi connectivity index (χ1v) is 10.7. The molecule has 4 aromatic rings. The van der Waals surface area contributed by atoms with Crippen LogP contribution < -0.4 is 15.0 Å². The van der Waals surface area contributed by atoms with Crippen molar-refractivity contribution in [3.8, 4) is 17.8 Å². The first-order valence-electron chi connectivity index (χ1n) is 10.7. The fraction of sp³-hybridized carbons (Fsp3) is 0.250. The number of benzene rings is 2. The summed E-state index contributed by atoms with van der Waals surface area (Å²) in [5.41, 5.74) is 4.87. The van der Waals surface area contributed by atoms with Crippen LogP contribution >= 0.6 is 0 Å². The summed E-state index contributed by atoms with van der Waals surface area (Å²) in [6.45, 7) is 6.77. The largest absolute Gasteiger partial charge is 0.424 e. The van der Waals surface area contributed by atoms with Gasteiger partial charge in [0.1, 0.15) is 5.75 Å². The highest BCUT2D eigenvalue weighted by molar-refractivity contribution is 5.88. The molecule has 5 rings (SSSR count). The Morgan fingerprint density at radius 3 is 2.61 bits per heavy atom. The van der Waals surface area contributed by atoms with Crippen LogP contribution in [0.3, 0.4) is 0 Å². The molecular formula is C24H23N7O2. The van der Waals surface area contributed by atoms with E-state index in [1.54, 1.807) is 24.3 Å². The Hall–Kier alpha value is -4.16. The lowest BCUT2D eigenvalue weighted by molar-refractivity contribution is 0.122. The van der Waals surface area contributed by atoms with E-state index in [1.807, 2.05) is 17.0 Å². The minimum Gasteiger partial charge on any atom is -0.424 e. The van der Waals surface area contributed by atoms with Gasteiger partial charge in [0.05, 0.1) is 24.8 Å². The highest BCUT2D eigenvalue weighted by Gasteiger charge is 2.18. The van der Waals surface area contributed by atoms with Gasteiger partial charge in [-0.1, -0.05) is 0 Å². The molecule has 1 aliphatic heterocycles. The second-order valence-electron chi connectivity index (χ2n) is 7.84. The summed E-state index contributed by atoms with van der Waals surface area (Å²) >= 11 is 0. The van der Waals surface area contributed by atoms with Gasteiger partial charge in [0, 0.05) is 35.4 Å². The van der Waals surface area contributed by atoms with Crippen LogP contribution in [0.2, 0.25) is 0 Å². The van der Waals surface area contributed by atoms with E-state index in [4.69, 9.17) is 14.7 Å². The summed E-state index contributed by atoms with van der Waals surface area (Å²) in [5.74, 6) is 1.45. The zero-order chi connectivity index (χ0) is 22.8. The van der Waals surface area contributed by atoms with Gasteiger partial charge in [0.15, 0.2) is 0 Å². The molecule has 2 N–H and O–H groups in total. The Morgan fingerprint density at radius 2 is 1.85 bits per heavy atom. The number of nitriles is 1. The number of rotatable bonds is 5. The number of hydrogen-bond acceptors (Lipinski definition) is 8. The van der Waals surface area contributed by atoms with E-state index in [9.17, 15) is 0 Å². The smallest absolute Gasteiger partial charge is 0.328 e. The molecule has 0 unspecified atom stereocenters. The van der Waals surface area contributed by atoms with Crippen molar-refractivity contribution in [3.63, 3.8) is 0 Å². The van der Waals surface area contributed by atoms with Gasteiger partial charge in [-0.15, -0.1) is 0 Å². The van der Waals surface area contributed by atoms with E-state index in [1.165, 1.54) is 5.56 Å². The molecule has 9 heteroatoms. The summed E-state index contributed by atoms with van der Waals surface area (Å²) in [6.07, 6.45) is 0. The van der Waals surface area contributed by atoms with Crippen molar-refractivity contribution in [2.45, 2.75) is 13.8 Å². The number of H-pyrrole nitrogens is 1. The van der Waals surface area contributed by atoms with E-state index in [-0.39, 0.29) is 6.01 Å². The van der Waals surface area contributed by atoms with Gasteiger partial charge in [-0.05, 0) is 61.9 Å². The third-order valence-electron chi connectivity index (χ3n) is 5.65. The van der Waals surface area contributed by atoms with Gasteiger partial charge in [-0.2, -0.15) is 20.2 Å². The number of nitrogens with one attached hydrogen (secondary N) is 2. The fourth-order valence-electron chi connectivity index (χ4n) is 3.72. The molecule has 2 aromatic carbocycles. The lowest BCUT2D eigenvalue weighted by Gasteiger charge is -2.27. The maximum Gasteiger partial charge on any atom is 0.328 e. The molecule has 166 valence electrons. The zero-order valence-corrected chi connectivity index (χ0v) is 18.4. The normalized spacial score (nSPS) is 13.7. The van der Waals surface area contributed by atoms with Crippen molar-refractivity contribution < 1.29 is 9.47 Å². The average molecular weight is 441 g/mol. The summed E-state index contributed by atoms with van der Waals surface area (Å²) in [4.78, 5) is 19.1. The molecule has 0 aliphatic carbocycles. The molecule has 0 amide bonds. The molecule has 0 saturated carbocycles. The van der Waals surface area contributed by atoms with E-state index in [0.717, 1.165) is 22.3 Å². The molecule has 3 heterocycles. The second-order valence-corrected chi connectivity index (χ2v) is 7.84. The molecule has 2 aromatic heterocycles. The van der Waals surface area contributed by atoms with Gasteiger partial charge in [-0.25, -0.2) is 0 Å². The molecule has 33 heavy (non-hydrogen) atoms. The van der Waals surface area contributed by atoms with Crippen molar-refractivity contribution >= 4 is 28.5 Å². The summed E-state index contributed by atoms with van der Waals surface area (Å²) in [7, 11) is 0. The number of aromatic nitrogens is 4. The molecule has 0 radical (unpaired) electrons. The van der Waals surface area contributed by atoms with Crippen LogP contribution in [-0.2, 0) is 4.74 Å². The van der Waals surface area contributed by atoms with Gasteiger partial charge >= 0.3 is 6.01 Å². The maximum absolute atomic E-state index is 9.01. The molecule has 1 aliphatic rings. The second kappa shape index (κ2) is 8.76. The number of aromatic amines is 1. The molecular weight excluding hydrogens is 418 g/mol. The number of fused-ring (bicyclic) bond motifs is 1. The van der Waals surface area contributed by atoms with Crippen LogP contribution in [-0.4, -0.2) is 46.2 Å². The average Bonchev–Trinajstić information content (AvgIpc) is 3.13. The van der Waals surface area contributed by atoms with Gasteiger partial charge in [0.2, 0.25) is 11.9 Å². The van der Waals surface area contributed by atoms with Crippen LogP contribution in [0.5, 0.6) is 11.8 Å². The molecule has 9 nitrogen and oxygen atoms in total. The Morgan fingerprint density at radius 1 is 1.06 bits per heavy atom. The number of anilines is 3. The van der Waals surface area contributed by atoms with Gasteiger partial charge in [-0.3, -0.25) is 0 Å². The van der Waals surface area contributed by atoms with Crippen LogP contribution in [0.15, 0.2) is 42.5 Å². The van der Waals surface area contributed by atoms with Crippen molar-refractivity contribution in [3.05, 3.63) is 59.3 Å². The molecule has 0 spiro atoms. The monoisotopic (exact) mass is 441 g/mol. The number of morpholine rings is 1. The minimum atomic E-state index is 0.174. The lowest BCUT2D eigenvalue weighted by atomic mass is 10.1. The summed E-state index contributed by atoms with van der Waals surface area (Å²) < 4.78 is 11.4. The van der Waals surface area contributed by atoms with E-state index in [2.05, 4.69) is 51.2 Å². The number of aryl methyl sites for hydroxylation is 2. The predicted octanol–water partition coefficient (Wildman–Crippen LogP) is 4.21. The summed E-state index contributed by atoms with van der Waals surface area (Å²) in [5, 5.41) is 13.5. The highest BCUT2D eigenvalue weighted by Crippen LogP contribution is 2.27. The predicted molar refractivity (Wildman–Crippen MR) is 125 cm³/mol. The Labute approximate surface area is 191 Å². The van der Waals surface area contributed by atoms with Crippen LogP contribution in [0.1, 0.15) is 16.8 Å². The molecule has 0 bridgehead atoms. The Kier molecular flexibility index (Phi) is 5.50. The third-order valence-corrected chi connectivity index (χ3v) is 5.65. The van der Waals surface area contributed by atoms with Crippen LogP contribution in [0.4, 0.5) is 17.6 Å². The standard InChI is InChI=1S/C24H23N7O2/c1-15-16(2)26-21-8-5-18(13-20(15)21)27-22-28-23(31-9-11-32-12-10-31)30-24(29-22)33-19-6-3-17(14-25)4-7-19/h3-8,13,26H,9-12H2,1-2H3,(H,27,28,29,30). The highest BCUT2D eigenvalue weighted by atomic mass is 16.5. The maximum atomic E-state index is 9.01. The van der Waals surface area contributed by atoms with E-state index < -0.39 is 0 Å².